The number of para-hydroxylation sites is 1. The lowest BCUT2D eigenvalue weighted by Gasteiger charge is -2.26. The molecule has 0 radical (unpaired) electrons. The van der Waals surface area contributed by atoms with E-state index in [1.807, 2.05) is 52.0 Å². The minimum absolute atomic E-state index is 0.0634. The van der Waals surface area contributed by atoms with E-state index in [1.165, 1.54) is 0 Å². The number of fused-ring (bicyclic) bond motifs is 1. The minimum Gasteiger partial charge on any atom is -0.483 e. The van der Waals surface area contributed by atoms with Gasteiger partial charge in [0.25, 0.3) is 11.5 Å². The van der Waals surface area contributed by atoms with Crippen molar-refractivity contribution in [3.05, 3.63) is 69.8 Å². The fraction of sp³-hybridized carbons (Fsp3) is 0.318. The predicted molar refractivity (Wildman–Crippen MR) is 109 cm³/mol. The molecule has 1 aromatic heterocycles. The maximum atomic E-state index is 12.8. The number of aromatic nitrogens is 2. The molecule has 0 saturated carbocycles. The van der Waals surface area contributed by atoms with Crippen molar-refractivity contribution >= 4 is 16.8 Å². The number of benzene rings is 2. The summed E-state index contributed by atoms with van der Waals surface area (Å²) < 4.78 is 5.76. The van der Waals surface area contributed by atoms with Crippen LogP contribution in [-0.2, 0) is 11.3 Å². The molecule has 0 aliphatic heterocycles. The number of ether oxygens (including phenoxy) is 1. The van der Waals surface area contributed by atoms with Gasteiger partial charge in [-0.3, -0.25) is 9.59 Å². The molecule has 28 heavy (non-hydrogen) atoms. The zero-order valence-corrected chi connectivity index (χ0v) is 16.7. The second kappa shape index (κ2) is 8.25. The maximum Gasteiger partial charge on any atom is 0.261 e. The zero-order valence-electron chi connectivity index (χ0n) is 16.7. The summed E-state index contributed by atoms with van der Waals surface area (Å²) in [6, 6.07) is 13.0. The molecule has 0 aliphatic carbocycles. The van der Waals surface area contributed by atoms with Gasteiger partial charge in [-0.15, -0.1) is 0 Å². The Bertz CT molecular complexity index is 1060. The van der Waals surface area contributed by atoms with Crippen molar-refractivity contribution < 1.29 is 9.53 Å². The van der Waals surface area contributed by atoms with Gasteiger partial charge in [-0.25, -0.2) is 4.98 Å². The monoisotopic (exact) mass is 379 g/mol. The highest BCUT2D eigenvalue weighted by Crippen LogP contribution is 2.19. The number of rotatable bonds is 6. The van der Waals surface area contributed by atoms with Gasteiger partial charge < -0.3 is 14.6 Å². The molecule has 0 aliphatic rings. The Morgan fingerprint density at radius 2 is 1.93 bits per heavy atom. The fourth-order valence-corrected chi connectivity index (χ4v) is 3.02. The molecule has 0 bridgehead atoms. The molecule has 3 rings (SSSR count). The number of hydrogen-bond donors (Lipinski definition) is 1. The summed E-state index contributed by atoms with van der Waals surface area (Å²) in [5, 5.41) is 0.534. The molecule has 6 nitrogen and oxygen atoms in total. The lowest BCUT2D eigenvalue weighted by molar-refractivity contribution is -0.135. The highest BCUT2D eigenvalue weighted by molar-refractivity contribution is 5.79. The van der Waals surface area contributed by atoms with Crippen LogP contribution in [0.1, 0.15) is 30.8 Å². The van der Waals surface area contributed by atoms with Crippen molar-refractivity contribution in [2.75, 3.05) is 6.61 Å². The third-order valence-corrected chi connectivity index (χ3v) is 4.62. The van der Waals surface area contributed by atoms with Gasteiger partial charge in [0.05, 0.1) is 17.4 Å². The van der Waals surface area contributed by atoms with E-state index < -0.39 is 0 Å². The Hall–Kier alpha value is -3.15. The molecular formula is C22H25N3O3. The number of carbonyl (C=O) groups excluding carboxylic acids is 1. The average Bonchev–Trinajstić information content (AvgIpc) is 2.66. The Morgan fingerprint density at radius 1 is 1.18 bits per heavy atom. The van der Waals surface area contributed by atoms with Crippen LogP contribution in [0.2, 0.25) is 0 Å². The normalized spacial score (nSPS) is 11.0. The van der Waals surface area contributed by atoms with Gasteiger partial charge in [-0.1, -0.05) is 24.3 Å². The smallest absolute Gasteiger partial charge is 0.261 e. The van der Waals surface area contributed by atoms with Crippen LogP contribution in [0.15, 0.2) is 47.3 Å². The number of amides is 1. The molecule has 0 atom stereocenters. The molecule has 0 saturated heterocycles. The van der Waals surface area contributed by atoms with Crippen LogP contribution in [-0.4, -0.2) is 33.4 Å². The summed E-state index contributed by atoms with van der Waals surface area (Å²) in [4.78, 5) is 34.0. The number of hydrogen-bond acceptors (Lipinski definition) is 4. The van der Waals surface area contributed by atoms with E-state index in [-0.39, 0.29) is 30.7 Å². The molecule has 6 heteroatoms. The molecule has 1 amide bonds. The molecule has 0 spiro atoms. The third-order valence-electron chi connectivity index (χ3n) is 4.62. The van der Waals surface area contributed by atoms with E-state index in [0.29, 0.717) is 22.5 Å². The van der Waals surface area contributed by atoms with Crippen molar-refractivity contribution in [1.82, 2.24) is 14.9 Å². The first-order valence-electron chi connectivity index (χ1n) is 9.32. The van der Waals surface area contributed by atoms with E-state index in [9.17, 15) is 9.59 Å². The first kappa shape index (κ1) is 19.6. The largest absolute Gasteiger partial charge is 0.483 e. The molecule has 146 valence electrons. The average molecular weight is 379 g/mol. The summed E-state index contributed by atoms with van der Waals surface area (Å²) >= 11 is 0. The van der Waals surface area contributed by atoms with Gasteiger partial charge >= 0.3 is 0 Å². The highest BCUT2D eigenvalue weighted by Gasteiger charge is 2.20. The van der Waals surface area contributed by atoms with E-state index in [1.54, 1.807) is 23.1 Å². The quantitative estimate of drug-likeness (QED) is 0.713. The highest BCUT2D eigenvalue weighted by atomic mass is 16.5. The van der Waals surface area contributed by atoms with Crippen LogP contribution >= 0.6 is 0 Å². The Balaban J connectivity index is 1.77. The standard InChI is InChI=1S/C22H25N3O3/c1-14(2)25(21(26)13-28-19-11-15(3)9-10-16(19)4)12-20-23-18-8-6-5-7-17(18)22(27)24-20/h5-11,14H,12-13H2,1-4H3,(H,23,24,27). The van der Waals surface area contributed by atoms with Gasteiger partial charge in [-0.2, -0.15) is 0 Å². The number of carbonyl (C=O) groups is 1. The van der Waals surface area contributed by atoms with E-state index in [0.717, 1.165) is 11.1 Å². The van der Waals surface area contributed by atoms with Gasteiger partial charge in [0.2, 0.25) is 0 Å². The minimum atomic E-state index is -0.205. The Kier molecular flexibility index (Phi) is 5.78. The van der Waals surface area contributed by atoms with E-state index >= 15 is 0 Å². The van der Waals surface area contributed by atoms with Crippen molar-refractivity contribution in [2.24, 2.45) is 0 Å². The summed E-state index contributed by atoms with van der Waals surface area (Å²) in [5.74, 6) is 0.999. The lowest BCUT2D eigenvalue weighted by Crippen LogP contribution is -2.40. The second-order valence-corrected chi connectivity index (χ2v) is 7.20. The van der Waals surface area contributed by atoms with Gasteiger partial charge in [0.15, 0.2) is 6.61 Å². The number of H-pyrrole nitrogens is 1. The molecule has 0 unspecified atom stereocenters. The van der Waals surface area contributed by atoms with Crippen LogP contribution in [0.3, 0.4) is 0 Å². The number of nitrogens with one attached hydrogen (secondary N) is 1. The zero-order chi connectivity index (χ0) is 20.3. The van der Waals surface area contributed by atoms with Crippen molar-refractivity contribution in [1.29, 1.82) is 0 Å². The molecular weight excluding hydrogens is 354 g/mol. The number of aryl methyl sites for hydroxylation is 2. The number of aromatic amines is 1. The first-order valence-corrected chi connectivity index (χ1v) is 9.32. The van der Waals surface area contributed by atoms with Crippen molar-refractivity contribution in [3.63, 3.8) is 0 Å². The fourth-order valence-electron chi connectivity index (χ4n) is 3.02. The first-order chi connectivity index (χ1) is 13.3. The molecule has 1 heterocycles. The third kappa shape index (κ3) is 4.39. The Morgan fingerprint density at radius 3 is 2.68 bits per heavy atom. The van der Waals surface area contributed by atoms with Gasteiger partial charge in [-0.05, 0) is 57.0 Å². The van der Waals surface area contributed by atoms with Crippen LogP contribution in [0.5, 0.6) is 5.75 Å². The van der Waals surface area contributed by atoms with Crippen LogP contribution in [0, 0.1) is 13.8 Å². The van der Waals surface area contributed by atoms with Gasteiger partial charge in [0.1, 0.15) is 11.6 Å². The maximum absolute atomic E-state index is 12.8. The predicted octanol–water partition coefficient (Wildman–Crippen LogP) is 3.36. The molecule has 2 aromatic carbocycles. The van der Waals surface area contributed by atoms with E-state index in [2.05, 4.69) is 9.97 Å². The van der Waals surface area contributed by atoms with E-state index in [4.69, 9.17) is 4.74 Å². The van der Waals surface area contributed by atoms with Crippen molar-refractivity contribution in [2.45, 2.75) is 40.3 Å². The summed E-state index contributed by atoms with van der Waals surface area (Å²) in [6.45, 7) is 7.93. The van der Waals surface area contributed by atoms with Crippen LogP contribution in [0.4, 0.5) is 0 Å². The summed E-state index contributed by atoms with van der Waals surface area (Å²) in [5.41, 5.74) is 2.47. The second-order valence-electron chi connectivity index (χ2n) is 7.20. The van der Waals surface area contributed by atoms with Crippen molar-refractivity contribution in [3.8, 4) is 5.75 Å². The number of nitrogens with zero attached hydrogens (tertiary/aromatic N) is 2. The topological polar surface area (TPSA) is 75.3 Å². The van der Waals surface area contributed by atoms with Crippen LogP contribution in [0.25, 0.3) is 10.9 Å². The molecule has 1 N–H and O–H groups in total. The summed E-state index contributed by atoms with van der Waals surface area (Å²) in [7, 11) is 0. The molecule has 3 aromatic rings. The van der Waals surface area contributed by atoms with Gasteiger partial charge in [0, 0.05) is 6.04 Å². The lowest BCUT2D eigenvalue weighted by atomic mass is 10.1. The molecule has 0 fully saturated rings. The van der Waals surface area contributed by atoms with Crippen LogP contribution < -0.4 is 10.3 Å². The SMILES string of the molecule is Cc1ccc(C)c(OCC(=O)N(Cc2nc3ccccc3c(=O)[nH]2)C(C)C)c1. The Labute approximate surface area is 164 Å². The summed E-state index contributed by atoms with van der Waals surface area (Å²) in [6.07, 6.45) is 0.